The van der Waals surface area contributed by atoms with Crippen molar-refractivity contribution in [3.05, 3.63) is 33.9 Å². The van der Waals surface area contributed by atoms with Crippen LogP contribution in [0.2, 0.25) is 0 Å². The maximum absolute atomic E-state index is 17.4. The third-order valence-corrected chi connectivity index (χ3v) is 8.88. The van der Waals surface area contributed by atoms with Gasteiger partial charge >= 0.3 is 5.97 Å². The zero-order valence-electron chi connectivity index (χ0n) is 19.2. The number of nitrogens with zero attached hydrogens (tertiary/aromatic N) is 1. The third kappa shape index (κ3) is 3.02. The summed E-state index contributed by atoms with van der Waals surface area (Å²) in [5.41, 5.74) is -7.17. The molecule has 0 aromatic carbocycles. The lowest BCUT2D eigenvalue weighted by atomic mass is 9.44. The molecule has 0 heterocycles. The summed E-state index contributed by atoms with van der Waals surface area (Å²) in [4.78, 5) is 52.5. The summed E-state index contributed by atoms with van der Waals surface area (Å²) in [6.07, 6.45) is 0.626. The summed E-state index contributed by atoms with van der Waals surface area (Å²) in [6.45, 7) is 3.34. The number of Topliss-reactive ketones (excluding diaryl/α,β-unsaturated/α-hetero) is 1. The van der Waals surface area contributed by atoms with Gasteiger partial charge in [-0.2, -0.15) is 0 Å². The number of ketones is 2. The first-order chi connectivity index (χ1) is 15.7. The molecule has 3 fully saturated rings. The largest absolute Gasteiger partial charge is 0.458 e. The van der Waals surface area contributed by atoms with E-state index in [0.29, 0.717) is 12.0 Å². The Morgan fingerprint density at radius 3 is 2.62 bits per heavy atom. The first-order valence-electron chi connectivity index (χ1n) is 11.2. The molecule has 34 heavy (non-hydrogen) atoms. The quantitative estimate of drug-likeness (QED) is 0.337. The van der Waals surface area contributed by atoms with Crippen LogP contribution in [0.4, 0.5) is 4.39 Å². The molecule has 3 saturated carbocycles. The van der Waals surface area contributed by atoms with Crippen LogP contribution >= 0.6 is 0 Å². The van der Waals surface area contributed by atoms with Crippen LogP contribution in [0.15, 0.2) is 23.8 Å². The van der Waals surface area contributed by atoms with Crippen molar-refractivity contribution in [2.45, 2.75) is 69.9 Å². The number of hydrogen-bond donors (Lipinski definition) is 2. The summed E-state index contributed by atoms with van der Waals surface area (Å²) in [5, 5.41) is 32.7. The van der Waals surface area contributed by atoms with Gasteiger partial charge in [0.15, 0.2) is 23.7 Å². The number of halogens is 1. The molecule has 10 nitrogen and oxygen atoms in total. The molecule has 4 aliphatic carbocycles. The van der Waals surface area contributed by atoms with Crippen LogP contribution in [-0.2, 0) is 24.0 Å². The van der Waals surface area contributed by atoms with Crippen LogP contribution in [0.3, 0.4) is 0 Å². The van der Waals surface area contributed by atoms with E-state index in [1.54, 1.807) is 6.92 Å². The lowest BCUT2D eigenvalue weighted by Gasteiger charge is -2.62. The molecule has 0 amide bonds. The SMILES string of the molecule is CC(=O)OCC(=O)[C@@]1(O)[C@H](O)C[C@H]2[C@@H]3CCC4=CC(=O)C=C[C@]4(C)[C@@]3(F)[C@@H](O[N+](=O)[O-])C[C@@]21C. The fourth-order valence-electron chi connectivity index (χ4n) is 7.19. The monoisotopic (exact) mass is 481 g/mol. The van der Waals surface area contributed by atoms with Gasteiger partial charge in [0.25, 0.3) is 5.09 Å². The van der Waals surface area contributed by atoms with Gasteiger partial charge in [0.1, 0.15) is 6.10 Å². The van der Waals surface area contributed by atoms with Gasteiger partial charge in [0.05, 0.1) is 6.10 Å². The van der Waals surface area contributed by atoms with Gasteiger partial charge in [-0.1, -0.05) is 18.6 Å². The van der Waals surface area contributed by atoms with E-state index in [9.17, 15) is 34.7 Å². The highest BCUT2D eigenvalue weighted by molar-refractivity contribution is 6.01. The van der Waals surface area contributed by atoms with Crippen molar-refractivity contribution >= 4 is 17.5 Å². The number of allylic oxidation sites excluding steroid dienone is 4. The minimum absolute atomic E-state index is 0.127. The number of esters is 1. The van der Waals surface area contributed by atoms with Crippen LogP contribution < -0.4 is 0 Å². The highest BCUT2D eigenvalue weighted by atomic mass is 19.1. The number of aliphatic hydroxyl groups excluding tert-OH is 1. The average Bonchev–Trinajstić information content (AvgIpc) is 2.94. The van der Waals surface area contributed by atoms with Crippen LogP contribution in [0, 0.1) is 32.8 Å². The molecule has 11 heteroatoms. The minimum atomic E-state index is -2.43. The lowest BCUT2D eigenvalue weighted by Crippen LogP contribution is -2.70. The molecule has 2 N–H and O–H groups in total. The average molecular weight is 481 g/mol. The van der Waals surface area contributed by atoms with Gasteiger partial charge < -0.3 is 19.8 Å². The second kappa shape index (κ2) is 7.67. The highest BCUT2D eigenvalue weighted by Crippen LogP contribution is 2.70. The molecule has 0 unspecified atom stereocenters. The predicted octanol–water partition coefficient (Wildman–Crippen LogP) is 1.41. The summed E-state index contributed by atoms with van der Waals surface area (Å²) >= 11 is 0. The molecule has 0 radical (unpaired) electrons. The molecule has 4 aliphatic rings. The van der Waals surface area contributed by atoms with Crippen molar-refractivity contribution in [3.8, 4) is 0 Å². The first kappa shape index (κ1) is 24.5. The van der Waals surface area contributed by atoms with Gasteiger partial charge in [-0.3, -0.25) is 14.4 Å². The number of rotatable bonds is 5. The maximum Gasteiger partial charge on any atom is 0.303 e. The lowest BCUT2D eigenvalue weighted by molar-refractivity contribution is -0.775. The van der Waals surface area contributed by atoms with Crippen molar-refractivity contribution in [3.63, 3.8) is 0 Å². The Hall–Kier alpha value is -2.66. The first-order valence-corrected chi connectivity index (χ1v) is 11.2. The van der Waals surface area contributed by atoms with E-state index in [4.69, 9.17) is 9.57 Å². The van der Waals surface area contributed by atoms with Crippen molar-refractivity contribution in [1.82, 2.24) is 0 Å². The molecule has 186 valence electrons. The van der Waals surface area contributed by atoms with E-state index in [1.807, 2.05) is 0 Å². The smallest absolute Gasteiger partial charge is 0.303 e. The van der Waals surface area contributed by atoms with Crippen molar-refractivity contribution in [2.75, 3.05) is 6.61 Å². The summed E-state index contributed by atoms with van der Waals surface area (Å²) in [7, 11) is 0. The number of hydrogen-bond acceptors (Lipinski definition) is 9. The molecule has 0 bridgehead atoms. The van der Waals surface area contributed by atoms with Crippen molar-refractivity contribution < 1.29 is 43.6 Å². The van der Waals surface area contributed by atoms with Crippen molar-refractivity contribution in [1.29, 1.82) is 0 Å². The van der Waals surface area contributed by atoms with E-state index in [2.05, 4.69) is 0 Å². The number of ether oxygens (including phenoxy) is 1. The predicted molar refractivity (Wildman–Crippen MR) is 112 cm³/mol. The molecule has 8 atom stereocenters. The van der Waals surface area contributed by atoms with E-state index >= 15 is 4.39 Å². The standard InChI is InChI=1S/C23H28FNO9/c1-12(26)33-11-18(29)23(30)17(28)9-16-15-5-4-13-8-14(27)6-7-20(13,2)22(15,24)19(34-25(31)32)10-21(16,23)3/h6-8,15-17,19,28,30H,4-5,9-11H2,1-3H3/t15-,16-,17+,19-,20-,21-,22-,23-/m0/s1. The Morgan fingerprint density at radius 2 is 2.00 bits per heavy atom. The fraction of sp³-hybridized carbons (Fsp3) is 0.696. The number of carbonyl (C=O) groups is 3. The Bertz CT molecular complexity index is 1030. The summed E-state index contributed by atoms with van der Waals surface area (Å²) in [5.74, 6) is -3.69. The molecule has 0 aliphatic heterocycles. The topological polar surface area (TPSA) is 153 Å². The molecule has 0 spiro atoms. The summed E-state index contributed by atoms with van der Waals surface area (Å²) < 4.78 is 22.1. The van der Waals surface area contributed by atoms with Crippen LogP contribution in [0.5, 0.6) is 0 Å². The number of carbonyl (C=O) groups excluding carboxylic acids is 3. The Balaban J connectivity index is 1.83. The van der Waals surface area contributed by atoms with E-state index < -0.39 is 76.0 Å². The highest BCUT2D eigenvalue weighted by Gasteiger charge is 2.77. The van der Waals surface area contributed by atoms with Gasteiger partial charge in [0, 0.05) is 23.7 Å². The zero-order valence-corrected chi connectivity index (χ0v) is 19.2. The summed E-state index contributed by atoms with van der Waals surface area (Å²) in [6, 6.07) is 0. The van der Waals surface area contributed by atoms with Crippen LogP contribution in [0.25, 0.3) is 0 Å². The molecule has 4 rings (SSSR count). The van der Waals surface area contributed by atoms with Gasteiger partial charge in [-0.15, -0.1) is 10.1 Å². The van der Waals surface area contributed by atoms with Gasteiger partial charge in [-0.05, 0) is 50.7 Å². The third-order valence-electron chi connectivity index (χ3n) is 8.88. The van der Waals surface area contributed by atoms with E-state index in [-0.39, 0.29) is 18.6 Å². The maximum atomic E-state index is 17.4. The number of alkyl halides is 1. The molecule has 0 saturated heterocycles. The molecular formula is C23H28FNO9. The van der Waals surface area contributed by atoms with E-state index in [0.717, 1.165) is 6.92 Å². The zero-order chi connectivity index (χ0) is 25.3. The normalized spacial score (nSPS) is 44.9. The van der Waals surface area contributed by atoms with Crippen LogP contribution in [0.1, 0.15) is 46.5 Å². The van der Waals surface area contributed by atoms with E-state index in [1.165, 1.54) is 25.2 Å². The van der Waals surface area contributed by atoms with Crippen LogP contribution in [-0.4, -0.2) is 62.9 Å². The fourth-order valence-corrected chi connectivity index (χ4v) is 7.19. The van der Waals surface area contributed by atoms with Gasteiger partial charge in [-0.25, -0.2) is 4.39 Å². The Morgan fingerprint density at radius 1 is 1.32 bits per heavy atom. The number of fused-ring (bicyclic) bond motifs is 5. The number of aliphatic hydroxyl groups is 2. The Labute approximate surface area is 194 Å². The molecule has 0 aromatic rings. The Kier molecular flexibility index (Phi) is 5.52. The molecular weight excluding hydrogens is 453 g/mol. The van der Waals surface area contributed by atoms with Gasteiger partial charge in [0.2, 0.25) is 5.78 Å². The second-order valence-electron chi connectivity index (χ2n) is 10.3. The second-order valence-corrected chi connectivity index (χ2v) is 10.3. The molecule has 0 aromatic heterocycles. The minimum Gasteiger partial charge on any atom is -0.458 e. The van der Waals surface area contributed by atoms with Crippen molar-refractivity contribution in [2.24, 2.45) is 22.7 Å².